The fraction of sp³-hybridized carbons (Fsp3) is 0.0833. The normalized spacial score (nSPS) is 16.4. The molecule has 1 amide bonds. The third-order valence-electron chi connectivity index (χ3n) is 2.16. The molecule has 0 aromatic heterocycles. The Labute approximate surface area is 93.3 Å². The van der Waals surface area contributed by atoms with E-state index in [1.165, 1.54) is 0 Å². The summed E-state index contributed by atoms with van der Waals surface area (Å²) >= 11 is 5.84. The Morgan fingerprint density at radius 2 is 2.27 bits per heavy atom. The van der Waals surface area contributed by atoms with Crippen molar-refractivity contribution >= 4 is 28.8 Å². The van der Waals surface area contributed by atoms with E-state index in [1.807, 2.05) is 13.0 Å². The second kappa shape index (κ2) is 3.55. The number of rotatable bonds is 1. The molecule has 2 rings (SSSR count). The minimum absolute atomic E-state index is 0.102. The Morgan fingerprint density at radius 3 is 2.93 bits per heavy atom. The van der Waals surface area contributed by atoms with Crippen molar-refractivity contribution in [3.63, 3.8) is 0 Å². The molecule has 3 heteroatoms. The summed E-state index contributed by atoms with van der Waals surface area (Å²) in [4.78, 5) is 11.6. The number of carbonyl (C=O) groups is 1. The van der Waals surface area contributed by atoms with Crippen molar-refractivity contribution in [2.75, 3.05) is 5.32 Å². The SMILES string of the molecule is C=C(C)/C=C1/C(=O)Nc2cc(Cl)ccc21. The molecule has 15 heavy (non-hydrogen) atoms. The molecular formula is C12H10ClNO. The fourth-order valence-electron chi connectivity index (χ4n) is 1.56. The lowest BCUT2D eigenvalue weighted by Gasteiger charge is -1.98. The van der Waals surface area contributed by atoms with E-state index in [2.05, 4.69) is 11.9 Å². The maximum Gasteiger partial charge on any atom is 0.256 e. The third-order valence-corrected chi connectivity index (χ3v) is 2.39. The van der Waals surface area contributed by atoms with Crippen molar-refractivity contribution in [2.24, 2.45) is 0 Å². The summed E-state index contributed by atoms with van der Waals surface area (Å²) in [6.07, 6.45) is 1.77. The minimum Gasteiger partial charge on any atom is -0.321 e. The molecule has 1 aliphatic rings. The van der Waals surface area contributed by atoms with E-state index in [4.69, 9.17) is 11.6 Å². The minimum atomic E-state index is -0.102. The van der Waals surface area contributed by atoms with Gasteiger partial charge in [-0.3, -0.25) is 4.79 Å². The summed E-state index contributed by atoms with van der Waals surface area (Å²) in [6, 6.07) is 5.35. The highest BCUT2D eigenvalue weighted by atomic mass is 35.5. The van der Waals surface area contributed by atoms with Crippen molar-refractivity contribution in [1.82, 2.24) is 0 Å². The number of amides is 1. The molecule has 76 valence electrons. The molecule has 0 spiro atoms. The highest BCUT2D eigenvalue weighted by molar-refractivity contribution is 6.34. The maximum absolute atomic E-state index is 11.6. The van der Waals surface area contributed by atoms with E-state index in [1.54, 1.807) is 18.2 Å². The lowest BCUT2D eigenvalue weighted by atomic mass is 10.1. The molecule has 0 radical (unpaired) electrons. The Bertz CT molecular complexity index is 488. The Kier molecular flexibility index (Phi) is 2.37. The first-order valence-corrected chi connectivity index (χ1v) is 4.94. The summed E-state index contributed by atoms with van der Waals surface area (Å²) in [5.74, 6) is -0.102. The molecule has 0 atom stereocenters. The molecule has 1 heterocycles. The van der Waals surface area contributed by atoms with Crippen LogP contribution in [0.3, 0.4) is 0 Å². The van der Waals surface area contributed by atoms with Crippen LogP contribution < -0.4 is 5.32 Å². The predicted octanol–water partition coefficient (Wildman–Crippen LogP) is 3.25. The van der Waals surface area contributed by atoms with E-state index >= 15 is 0 Å². The van der Waals surface area contributed by atoms with Gasteiger partial charge in [0.1, 0.15) is 0 Å². The van der Waals surface area contributed by atoms with Crippen molar-refractivity contribution < 1.29 is 4.79 Å². The van der Waals surface area contributed by atoms with Crippen LogP contribution in [-0.4, -0.2) is 5.91 Å². The molecule has 0 bridgehead atoms. The van der Waals surface area contributed by atoms with E-state index in [0.29, 0.717) is 10.6 Å². The van der Waals surface area contributed by atoms with Gasteiger partial charge in [-0.15, -0.1) is 0 Å². The number of anilines is 1. The number of hydrogen-bond donors (Lipinski definition) is 1. The van der Waals surface area contributed by atoms with E-state index < -0.39 is 0 Å². The summed E-state index contributed by atoms with van der Waals surface area (Å²) in [5.41, 5.74) is 3.14. The molecule has 1 aromatic carbocycles. The van der Waals surface area contributed by atoms with Crippen molar-refractivity contribution in [3.8, 4) is 0 Å². The van der Waals surface area contributed by atoms with Crippen LogP contribution in [0, 0.1) is 0 Å². The topological polar surface area (TPSA) is 29.1 Å². The van der Waals surface area contributed by atoms with Crippen LogP contribution in [0.15, 0.2) is 36.4 Å². The molecule has 0 aliphatic carbocycles. The number of nitrogens with one attached hydrogen (secondary N) is 1. The van der Waals surface area contributed by atoms with E-state index in [9.17, 15) is 4.79 Å². The molecule has 1 aromatic rings. The summed E-state index contributed by atoms with van der Waals surface area (Å²) in [5, 5.41) is 3.38. The lowest BCUT2D eigenvalue weighted by molar-refractivity contribution is -0.110. The highest BCUT2D eigenvalue weighted by Crippen LogP contribution is 2.34. The largest absolute Gasteiger partial charge is 0.321 e. The van der Waals surface area contributed by atoms with Gasteiger partial charge in [-0.25, -0.2) is 0 Å². The average molecular weight is 220 g/mol. The van der Waals surface area contributed by atoms with Gasteiger partial charge in [-0.1, -0.05) is 29.8 Å². The van der Waals surface area contributed by atoms with Gasteiger partial charge in [0.25, 0.3) is 5.91 Å². The first-order chi connectivity index (χ1) is 7.08. The van der Waals surface area contributed by atoms with Gasteiger partial charge in [0.15, 0.2) is 0 Å². The zero-order chi connectivity index (χ0) is 11.0. The van der Waals surface area contributed by atoms with Crippen LogP contribution >= 0.6 is 11.6 Å². The maximum atomic E-state index is 11.6. The summed E-state index contributed by atoms with van der Waals surface area (Å²) in [7, 11) is 0. The summed E-state index contributed by atoms with van der Waals surface area (Å²) < 4.78 is 0. The summed E-state index contributed by atoms with van der Waals surface area (Å²) in [6.45, 7) is 5.62. The quantitative estimate of drug-likeness (QED) is 0.722. The van der Waals surface area contributed by atoms with Crippen LogP contribution in [-0.2, 0) is 4.79 Å². The number of halogens is 1. The number of hydrogen-bond acceptors (Lipinski definition) is 1. The van der Waals surface area contributed by atoms with Crippen LogP contribution in [0.4, 0.5) is 5.69 Å². The fourth-order valence-corrected chi connectivity index (χ4v) is 1.73. The van der Waals surface area contributed by atoms with Gasteiger partial charge in [0.2, 0.25) is 0 Å². The molecule has 0 saturated carbocycles. The molecule has 2 nitrogen and oxygen atoms in total. The molecule has 0 fully saturated rings. The highest BCUT2D eigenvalue weighted by Gasteiger charge is 2.23. The predicted molar refractivity (Wildman–Crippen MR) is 62.9 cm³/mol. The van der Waals surface area contributed by atoms with Gasteiger partial charge in [-0.2, -0.15) is 0 Å². The first-order valence-electron chi connectivity index (χ1n) is 4.56. The monoisotopic (exact) mass is 219 g/mol. The second-order valence-electron chi connectivity index (χ2n) is 3.55. The van der Waals surface area contributed by atoms with Gasteiger partial charge >= 0.3 is 0 Å². The zero-order valence-corrected chi connectivity index (χ0v) is 9.06. The Morgan fingerprint density at radius 1 is 1.53 bits per heavy atom. The Hall–Kier alpha value is -1.54. The zero-order valence-electron chi connectivity index (χ0n) is 8.30. The molecule has 0 unspecified atom stereocenters. The Balaban J connectivity index is 2.56. The lowest BCUT2D eigenvalue weighted by Crippen LogP contribution is -2.03. The van der Waals surface area contributed by atoms with Crippen LogP contribution in [0.5, 0.6) is 0 Å². The van der Waals surface area contributed by atoms with Gasteiger partial charge < -0.3 is 5.32 Å². The first kappa shape index (κ1) is 9.99. The molecule has 1 N–H and O–H groups in total. The molecule has 1 aliphatic heterocycles. The van der Waals surface area contributed by atoms with E-state index in [0.717, 1.165) is 16.8 Å². The number of fused-ring (bicyclic) bond motifs is 1. The van der Waals surface area contributed by atoms with Crippen LogP contribution in [0.25, 0.3) is 5.57 Å². The van der Waals surface area contributed by atoms with Gasteiger partial charge in [0.05, 0.1) is 5.69 Å². The average Bonchev–Trinajstić information content (AvgIpc) is 2.41. The number of carbonyl (C=O) groups excluding carboxylic acids is 1. The second-order valence-corrected chi connectivity index (χ2v) is 3.98. The van der Waals surface area contributed by atoms with Gasteiger partial charge in [-0.05, 0) is 25.1 Å². The van der Waals surface area contributed by atoms with Crippen LogP contribution in [0.2, 0.25) is 5.02 Å². The molecular weight excluding hydrogens is 210 g/mol. The third kappa shape index (κ3) is 1.81. The number of benzene rings is 1. The number of allylic oxidation sites excluding steroid dienone is 2. The smallest absolute Gasteiger partial charge is 0.256 e. The van der Waals surface area contributed by atoms with Gasteiger partial charge in [0, 0.05) is 16.2 Å². The standard InChI is InChI=1S/C12H10ClNO/c1-7(2)5-10-9-4-3-8(13)6-11(9)14-12(10)15/h3-6H,1H2,2H3,(H,14,15)/b10-5+. The van der Waals surface area contributed by atoms with Crippen molar-refractivity contribution in [1.29, 1.82) is 0 Å². The van der Waals surface area contributed by atoms with E-state index in [-0.39, 0.29) is 5.91 Å². The van der Waals surface area contributed by atoms with Crippen LogP contribution in [0.1, 0.15) is 12.5 Å². The van der Waals surface area contributed by atoms with Crippen molar-refractivity contribution in [3.05, 3.63) is 47.0 Å². The molecule has 0 saturated heterocycles. The van der Waals surface area contributed by atoms with Crippen molar-refractivity contribution in [2.45, 2.75) is 6.92 Å².